The van der Waals surface area contributed by atoms with Crippen molar-refractivity contribution in [1.29, 1.82) is 0 Å². The van der Waals surface area contributed by atoms with Crippen molar-refractivity contribution in [2.75, 3.05) is 7.11 Å². The Hall–Kier alpha value is -3.85. The van der Waals surface area contributed by atoms with Gasteiger partial charge in [0.05, 0.1) is 36.6 Å². The van der Waals surface area contributed by atoms with Gasteiger partial charge in [-0.2, -0.15) is 4.98 Å². The van der Waals surface area contributed by atoms with E-state index in [0.717, 1.165) is 5.56 Å². The zero-order valence-electron chi connectivity index (χ0n) is 17.1. The Kier molecular flexibility index (Phi) is 5.47. The predicted octanol–water partition coefficient (Wildman–Crippen LogP) is 4.39. The highest BCUT2D eigenvalue weighted by Gasteiger charge is 2.16. The zero-order chi connectivity index (χ0) is 21.9. The number of methoxy groups -OCH3 is 1. The van der Waals surface area contributed by atoms with Crippen molar-refractivity contribution in [3.8, 4) is 17.1 Å². The number of fused-ring (bicyclic) bond motifs is 1. The molecule has 5 rings (SSSR count). The maximum absolute atomic E-state index is 13.1. The van der Waals surface area contributed by atoms with Crippen LogP contribution in [-0.4, -0.2) is 26.8 Å². The average Bonchev–Trinajstić information content (AvgIpc) is 3.52. The number of nitrogens with zero attached hydrogens (tertiary/aromatic N) is 4. The van der Waals surface area contributed by atoms with Crippen LogP contribution >= 0.6 is 11.8 Å². The van der Waals surface area contributed by atoms with Crippen LogP contribution in [-0.2, 0) is 12.3 Å². The van der Waals surface area contributed by atoms with Gasteiger partial charge in [0.2, 0.25) is 11.7 Å². The molecule has 0 saturated carbocycles. The molecule has 0 aliphatic rings. The molecule has 0 N–H and O–H groups in total. The lowest BCUT2D eigenvalue weighted by Crippen LogP contribution is -2.23. The van der Waals surface area contributed by atoms with Crippen LogP contribution < -0.4 is 10.3 Å². The van der Waals surface area contributed by atoms with Gasteiger partial charge in [-0.1, -0.05) is 41.2 Å². The summed E-state index contributed by atoms with van der Waals surface area (Å²) in [7, 11) is 1.61. The molecule has 0 amide bonds. The van der Waals surface area contributed by atoms with Crippen LogP contribution in [0.15, 0.2) is 85.8 Å². The van der Waals surface area contributed by atoms with Gasteiger partial charge in [-0.05, 0) is 36.4 Å². The lowest BCUT2D eigenvalue weighted by molar-refractivity contribution is 0.391. The molecule has 3 heterocycles. The molecular formula is C23H18N4O4S. The molecule has 0 bridgehead atoms. The second-order valence-corrected chi connectivity index (χ2v) is 7.86. The summed E-state index contributed by atoms with van der Waals surface area (Å²) in [6.45, 7) is 0.283. The van der Waals surface area contributed by atoms with E-state index in [9.17, 15) is 4.79 Å². The summed E-state index contributed by atoms with van der Waals surface area (Å²) in [5.41, 5.74) is 1.30. The van der Waals surface area contributed by atoms with E-state index in [0.29, 0.717) is 45.0 Å². The van der Waals surface area contributed by atoms with Crippen molar-refractivity contribution in [2.45, 2.75) is 17.5 Å². The maximum Gasteiger partial charge on any atom is 0.262 e. The molecule has 5 aromatic rings. The van der Waals surface area contributed by atoms with Crippen molar-refractivity contribution in [1.82, 2.24) is 19.7 Å². The monoisotopic (exact) mass is 446 g/mol. The van der Waals surface area contributed by atoms with Gasteiger partial charge in [0.1, 0.15) is 11.5 Å². The number of benzene rings is 2. The van der Waals surface area contributed by atoms with Crippen LogP contribution in [0.2, 0.25) is 0 Å². The van der Waals surface area contributed by atoms with E-state index in [1.807, 2.05) is 48.5 Å². The minimum atomic E-state index is -0.128. The molecule has 3 aromatic heterocycles. The van der Waals surface area contributed by atoms with Gasteiger partial charge in [-0.25, -0.2) is 4.98 Å². The Morgan fingerprint density at radius 3 is 2.81 bits per heavy atom. The zero-order valence-corrected chi connectivity index (χ0v) is 17.9. The van der Waals surface area contributed by atoms with E-state index in [1.165, 1.54) is 11.8 Å². The largest absolute Gasteiger partial charge is 0.497 e. The molecule has 0 atom stereocenters. The summed E-state index contributed by atoms with van der Waals surface area (Å²) in [6, 6.07) is 18.3. The molecule has 2 aromatic carbocycles. The molecule has 0 spiro atoms. The second-order valence-electron chi connectivity index (χ2n) is 6.91. The number of ether oxygens (including phenoxy) is 1. The number of hydrogen-bond acceptors (Lipinski definition) is 8. The minimum Gasteiger partial charge on any atom is -0.497 e. The minimum absolute atomic E-state index is 0.128. The number of hydrogen-bond donors (Lipinski definition) is 0. The van der Waals surface area contributed by atoms with Gasteiger partial charge >= 0.3 is 0 Å². The first kappa shape index (κ1) is 20.1. The first-order valence-corrected chi connectivity index (χ1v) is 10.8. The number of furan rings is 1. The van der Waals surface area contributed by atoms with Gasteiger partial charge < -0.3 is 13.7 Å². The topological polar surface area (TPSA) is 96.2 Å². The summed E-state index contributed by atoms with van der Waals surface area (Å²) in [6.07, 6.45) is 1.58. The highest BCUT2D eigenvalue weighted by Crippen LogP contribution is 2.25. The van der Waals surface area contributed by atoms with Crippen LogP contribution in [0, 0.1) is 0 Å². The molecule has 0 unspecified atom stereocenters. The number of rotatable bonds is 7. The van der Waals surface area contributed by atoms with Crippen LogP contribution in [0.4, 0.5) is 0 Å². The van der Waals surface area contributed by atoms with Crippen molar-refractivity contribution >= 4 is 22.7 Å². The van der Waals surface area contributed by atoms with Gasteiger partial charge in [0, 0.05) is 5.56 Å². The summed E-state index contributed by atoms with van der Waals surface area (Å²) < 4.78 is 17.7. The summed E-state index contributed by atoms with van der Waals surface area (Å²) in [4.78, 5) is 22.3. The standard InChI is InChI=1S/C23H18N4O4S/c1-29-16-7-4-6-15(12-16)21-25-20(31-26-21)14-32-23-24-19-10-3-2-9-18(19)22(28)27(23)13-17-8-5-11-30-17/h2-12H,13-14H2,1H3. The van der Waals surface area contributed by atoms with E-state index in [-0.39, 0.29) is 12.1 Å². The summed E-state index contributed by atoms with van der Waals surface area (Å²) in [5.74, 6) is 2.65. The Morgan fingerprint density at radius 1 is 1.06 bits per heavy atom. The van der Waals surface area contributed by atoms with Crippen molar-refractivity contribution in [3.63, 3.8) is 0 Å². The molecular weight excluding hydrogens is 428 g/mol. The quantitative estimate of drug-likeness (QED) is 0.268. The average molecular weight is 446 g/mol. The fraction of sp³-hybridized carbons (Fsp3) is 0.130. The van der Waals surface area contributed by atoms with Gasteiger partial charge in [-0.3, -0.25) is 9.36 Å². The van der Waals surface area contributed by atoms with Gasteiger partial charge in [0.15, 0.2) is 5.16 Å². The highest BCUT2D eigenvalue weighted by molar-refractivity contribution is 7.98. The molecule has 0 radical (unpaired) electrons. The van der Waals surface area contributed by atoms with Crippen LogP contribution in [0.25, 0.3) is 22.3 Å². The van der Waals surface area contributed by atoms with Crippen molar-refractivity contribution in [2.24, 2.45) is 0 Å². The van der Waals surface area contributed by atoms with E-state index >= 15 is 0 Å². The van der Waals surface area contributed by atoms with Crippen molar-refractivity contribution in [3.05, 3.63) is 88.9 Å². The maximum atomic E-state index is 13.1. The first-order valence-electron chi connectivity index (χ1n) is 9.83. The molecule has 32 heavy (non-hydrogen) atoms. The van der Waals surface area contributed by atoms with Crippen LogP contribution in [0.3, 0.4) is 0 Å². The third kappa shape index (κ3) is 4.02. The molecule has 8 nitrogen and oxygen atoms in total. The Morgan fingerprint density at radius 2 is 1.97 bits per heavy atom. The molecule has 0 aliphatic carbocycles. The van der Waals surface area contributed by atoms with E-state index in [1.54, 1.807) is 30.1 Å². The van der Waals surface area contributed by atoms with E-state index in [4.69, 9.17) is 18.7 Å². The fourth-order valence-electron chi connectivity index (χ4n) is 3.27. The third-order valence-electron chi connectivity index (χ3n) is 4.84. The second kappa shape index (κ2) is 8.72. The number of thioether (sulfide) groups is 1. The molecule has 0 aliphatic heterocycles. The number of aromatic nitrogens is 4. The van der Waals surface area contributed by atoms with E-state index in [2.05, 4.69) is 10.1 Å². The lowest BCUT2D eigenvalue weighted by atomic mass is 10.2. The normalized spacial score (nSPS) is 11.2. The molecule has 9 heteroatoms. The Bertz CT molecular complexity index is 1430. The van der Waals surface area contributed by atoms with E-state index < -0.39 is 0 Å². The molecule has 0 fully saturated rings. The third-order valence-corrected chi connectivity index (χ3v) is 5.80. The summed E-state index contributed by atoms with van der Waals surface area (Å²) >= 11 is 1.36. The number of para-hydroxylation sites is 1. The first-order chi connectivity index (χ1) is 15.7. The van der Waals surface area contributed by atoms with Crippen molar-refractivity contribution < 1.29 is 13.7 Å². The Labute approximate surface area is 186 Å². The van der Waals surface area contributed by atoms with Crippen LogP contribution in [0.1, 0.15) is 11.7 Å². The predicted molar refractivity (Wildman–Crippen MR) is 120 cm³/mol. The summed E-state index contributed by atoms with van der Waals surface area (Å²) in [5, 5.41) is 5.17. The SMILES string of the molecule is COc1cccc(-c2noc(CSc3nc4ccccc4c(=O)n3Cc3ccco3)n2)c1. The van der Waals surface area contributed by atoms with Crippen LogP contribution in [0.5, 0.6) is 5.75 Å². The van der Waals surface area contributed by atoms with Gasteiger partial charge in [-0.15, -0.1) is 0 Å². The molecule has 0 saturated heterocycles. The fourth-order valence-corrected chi connectivity index (χ4v) is 4.11. The van der Waals surface area contributed by atoms with Gasteiger partial charge in [0.25, 0.3) is 5.56 Å². The Balaban J connectivity index is 1.44. The lowest BCUT2D eigenvalue weighted by Gasteiger charge is -2.11. The highest BCUT2D eigenvalue weighted by atomic mass is 32.2. The molecule has 160 valence electrons. The smallest absolute Gasteiger partial charge is 0.262 e.